The average Bonchev–Trinajstić information content (AvgIpc) is 3.61. The van der Waals surface area contributed by atoms with Crippen molar-refractivity contribution in [1.29, 1.82) is 0 Å². The molecule has 0 bridgehead atoms. The van der Waals surface area contributed by atoms with Crippen LogP contribution in [0, 0.1) is 12.8 Å². The Balaban J connectivity index is 1.61. The number of amides is 1. The maximum Gasteiger partial charge on any atom is 0.305 e. The number of ether oxygens (including phenoxy) is 1. The topological polar surface area (TPSA) is 81.4 Å². The Hall–Kier alpha value is -3.12. The van der Waals surface area contributed by atoms with E-state index in [2.05, 4.69) is 48.6 Å². The fourth-order valence-corrected chi connectivity index (χ4v) is 5.00. The molecule has 1 fully saturated rings. The van der Waals surface area contributed by atoms with Gasteiger partial charge in [-0.05, 0) is 67.7 Å². The third-order valence-electron chi connectivity index (χ3n) is 6.74. The third-order valence-corrected chi connectivity index (χ3v) is 7.06. The first kappa shape index (κ1) is 26.9. The number of aryl methyl sites for hydroxylation is 1. The van der Waals surface area contributed by atoms with Crippen LogP contribution in [0.15, 0.2) is 47.0 Å². The number of nitrogens with one attached hydrogen (secondary N) is 1. The Bertz CT molecular complexity index is 1240. The summed E-state index contributed by atoms with van der Waals surface area (Å²) in [7, 11) is 1.37. The molecule has 4 rings (SSSR count). The summed E-state index contributed by atoms with van der Waals surface area (Å²) in [5.41, 5.74) is 5.67. The molecule has 1 atom stereocenters. The van der Waals surface area contributed by atoms with E-state index in [-0.39, 0.29) is 30.6 Å². The largest absolute Gasteiger partial charge is 0.469 e. The minimum atomic E-state index is -0.315. The van der Waals surface area contributed by atoms with Crippen LogP contribution in [0.2, 0.25) is 5.02 Å². The summed E-state index contributed by atoms with van der Waals surface area (Å²) >= 11 is 6.33. The molecule has 0 spiro atoms. The van der Waals surface area contributed by atoms with Crippen LogP contribution < -0.4 is 5.32 Å². The number of benzene rings is 2. The summed E-state index contributed by atoms with van der Waals surface area (Å²) < 4.78 is 10.8. The zero-order valence-electron chi connectivity index (χ0n) is 22.0. The van der Waals surface area contributed by atoms with Crippen LogP contribution in [0.3, 0.4) is 0 Å². The van der Waals surface area contributed by atoms with Crippen LogP contribution in [0.1, 0.15) is 80.2 Å². The standard InChI is InChI=1S/C30H35ClN2O4/c1-18(2)15-20-6-8-22(9-7-20)30-28(21-10-11-21)29(33-37-30)23(12-14-27(35)36-4)17-26(34)32-25-13-5-19(3)16-24(25)31/h5-9,13,16,18,21,23H,10-12,14-15,17H2,1-4H3,(H,32,34). The van der Waals surface area contributed by atoms with Crippen LogP contribution in [-0.2, 0) is 20.7 Å². The molecule has 7 heteroatoms. The lowest BCUT2D eigenvalue weighted by Crippen LogP contribution is -2.18. The number of aromatic nitrogens is 1. The van der Waals surface area contributed by atoms with Crippen LogP contribution in [-0.4, -0.2) is 24.1 Å². The molecule has 2 aromatic carbocycles. The molecule has 1 N–H and O–H groups in total. The molecule has 0 radical (unpaired) electrons. The van der Waals surface area contributed by atoms with Gasteiger partial charge in [0.1, 0.15) is 0 Å². The van der Waals surface area contributed by atoms with Crippen molar-refractivity contribution >= 4 is 29.2 Å². The maximum atomic E-state index is 13.1. The highest BCUT2D eigenvalue weighted by atomic mass is 35.5. The highest BCUT2D eigenvalue weighted by Gasteiger charge is 2.36. The molecule has 1 aliphatic rings. The Morgan fingerprint density at radius 2 is 1.89 bits per heavy atom. The molecule has 3 aromatic rings. The van der Waals surface area contributed by atoms with Gasteiger partial charge in [-0.15, -0.1) is 0 Å². The third kappa shape index (κ3) is 7.01. The van der Waals surface area contributed by atoms with Crippen molar-refractivity contribution in [1.82, 2.24) is 5.16 Å². The van der Waals surface area contributed by atoms with Gasteiger partial charge in [0, 0.05) is 29.9 Å². The number of carbonyl (C=O) groups is 2. The summed E-state index contributed by atoms with van der Waals surface area (Å²) in [6, 6.07) is 14.0. The molecular weight excluding hydrogens is 488 g/mol. The minimum absolute atomic E-state index is 0.153. The normalized spacial score (nSPS) is 14.0. The number of hydrogen-bond donors (Lipinski definition) is 1. The van der Waals surface area contributed by atoms with E-state index in [0.29, 0.717) is 29.0 Å². The summed E-state index contributed by atoms with van der Waals surface area (Å²) in [4.78, 5) is 25.1. The molecule has 1 aliphatic carbocycles. The van der Waals surface area contributed by atoms with Crippen LogP contribution in [0.25, 0.3) is 11.3 Å². The van der Waals surface area contributed by atoms with Gasteiger partial charge in [-0.25, -0.2) is 0 Å². The van der Waals surface area contributed by atoms with E-state index in [1.165, 1.54) is 12.7 Å². The van der Waals surface area contributed by atoms with Gasteiger partial charge in [-0.2, -0.15) is 0 Å². The molecule has 37 heavy (non-hydrogen) atoms. The molecule has 1 unspecified atom stereocenters. The monoisotopic (exact) mass is 522 g/mol. The fraction of sp³-hybridized carbons (Fsp3) is 0.433. The average molecular weight is 523 g/mol. The Morgan fingerprint density at radius 3 is 2.51 bits per heavy atom. The van der Waals surface area contributed by atoms with Gasteiger partial charge in [0.15, 0.2) is 5.76 Å². The van der Waals surface area contributed by atoms with E-state index in [1.54, 1.807) is 6.07 Å². The van der Waals surface area contributed by atoms with E-state index in [1.807, 2.05) is 19.1 Å². The zero-order valence-corrected chi connectivity index (χ0v) is 22.7. The lowest BCUT2D eigenvalue weighted by molar-refractivity contribution is -0.141. The van der Waals surface area contributed by atoms with Gasteiger partial charge >= 0.3 is 5.97 Å². The smallest absolute Gasteiger partial charge is 0.305 e. The molecule has 1 heterocycles. The van der Waals surface area contributed by atoms with Crippen molar-refractivity contribution in [2.24, 2.45) is 5.92 Å². The second-order valence-corrected chi connectivity index (χ2v) is 10.8. The second-order valence-electron chi connectivity index (χ2n) is 10.4. The van der Waals surface area contributed by atoms with Gasteiger partial charge in [-0.3, -0.25) is 9.59 Å². The van der Waals surface area contributed by atoms with Gasteiger partial charge in [0.25, 0.3) is 0 Å². The van der Waals surface area contributed by atoms with Crippen molar-refractivity contribution < 1.29 is 18.8 Å². The number of methoxy groups -OCH3 is 1. The molecule has 0 saturated heterocycles. The lowest BCUT2D eigenvalue weighted by atomic mass is 9.89. The first-order valence-electron chi connectivity index (χ1n) is 13.0. The molecule has 1 amide bonds. The highest BCUT2D eigenvalue weighted by Crippen LogP contribution is 2.48. The summed E-state index contributed by atoms with van der Waals surface area (Å²) in [5.74, 6) is 0.896. The number of nitrogens with zero attached hydrogens (tertiary/aromatic N) is 1. The first-order valence-corrected chi connectivity index (χ1v) is 13.3. The van der Waals surface area contributed by atoms with Gasteiger partial charge in [0.05, 0.1) is 23.5 Å². The fourth-order valence-electron chi connectivity index (χ4n) is 4.72. The number of rotatable bonds is 11. The number of halogens is 1. The molecule has 1 saturated carbocycles. The SMILES string of the molecule is COC(=O)CCC(CC(=O)Nc1ccc(C)cc1Cl)c1noc(-c2ccc(CC(C)C)cc2)c1C1CC1. The maximum absolute atomic E-state index is 13.1. The molecule has 0 aliphatic heterocycles. The minimum Gasteiger partial charge on any atom is -0.469 e. The van der Waals surface area contributed by atoms with Crippen molar-refractivity contribution in [3.63, 3.8) is 0 Å². The summed E-state index contributed by atoms with van der Waals surface area (Å²) in [6.45, 7) is 6.36. The number of carbonyl (C=O) groups excluding carboxylic acids is 2. The van der Waals surface area contributed by atoms with Gasteiger partial charge in [-0.1, -0.05) is 60.9 Å². The van der Waals surface area contributed by atoms with Crippen molar-refractivity contribution in [2.45, 2.75) is 71.1 Å². The molecule has 6 nitrogen and oxygen atoms in total. The van der Waals surface area contributed by atoms with E-state index < -0.39 is 0 Å². The zero-order chi connectivity index (χ0) is 26.5. The van der Waals surface area contributed by atoms with Gasteiger partial charge < -0.3 is 14.6 Å². The molecular formula is C30H35ClN2O4. The first-order chi connectivity index (χ1) is 17.7. The van der Waals surface area contributed by atoms with Crippen molar-refractivity contribution in [2.75, 3.05) is 12.4 Å². The quantitative estimate of drug-likeness (QED) is 0.264. The van der Waals surface area contributed by atoms with Crippen LogP contribution in [0.5, 0.6) is 0 Å². The molecule has 1 aromatic heterocycles. The Kier molecular flexibility index (Phi) is 8.70. The van der Waals surface area contributed by atoms with E-state index >= 15 is 0 Å². The van der Waals surface area contributed by atoms with Gasteiger partial charge in [0.2, 0.25) is 5.91 Å². The summed E-state index contributed by atoms with van der Waals surface area (Å²) in [6.07, 6.45) is 3.91. The number of hydrogen-bond acceptors (Lipinski definition) is 5. The predicted molar refractivity (Wildman–Crippen MR) is 146 cm³/mol. The van der Waals surface area contributed by atoms with Crippen molar-refractivity contribution in [3.8, 4) is 11.3 Å². The number of esters is 1. The van der Waals surface area contributed by atoms with E-state index in [4.69, 9.17) is 20.9 Å². The second kappa shape index (κ2) is 12.0. The Labute approximate surface area is 223 Å². The summed E-state index contributed by atoms with van der Waals surface area (Å²) in [5, 5.41) is 7.89. The van der Waals surface area contributed by atoms with Crippen LogP contribution in [0.4, 0.5) is 5.69 Å². The van der Waals surface area contributed by atoms with Crippen LogP contribution >= 0.6 is 11.6 Å². The van der Waals surface area contributed by atoms with E-state index in [9.17, 15) is 9.59 Å². The lowest BCUT2D eigenvalue weighted by Gasteiger charge is -2.16. The van der Waals surface area contributed by atoms with E-state index in [0.717, 1.165) is 47.4 Å². The number of anilines is 1. The molecule has 196 valence electrons. The highest BCUT2D eigenvalue weighted by molar-refractivity contribution is 6.33. The predicted octanol–water partition coefficient (Wildman–Crippen LogP) is 7.44. The Morgan fingerprint density at radius 1 is 1.16 bits per heavy atom. The van der Waals surface area contributed by atoms with Crippen molar-refractivity contribution in [3.05, 3.63) is 69.9 Å².